The average molecular weight is 340 g/mol. The minimum absolute atomic E-state index is 0.0913. The summed E-state index contributed by atoms with van der Waals surface area (Å²) in [4.78, 5) is 0. The molecule has 0 bridgehead atoms. The normalized spacial score (nSPS) is 21.7. The van der Waals surface area contributed by atoms with E-state index in [1.807, 2.05) is 0 Å². The second-order valence-corrected chi connectivity index (χ2v) is 7.89. The lowest BCUT2D eigenvalue weighted by molar-refractivity contribution is 0.126. The molecule has 2 unspecified atom stereocenters. The molecule has 1 aliphatic rings. The zero-order chi connectivity index (χ0) is 16.6. The van der Waals surface area contributed by atoms with Gasteiger partial charge < -0.3 is 4.74 Å². The molecule has 0 radical (unpaired) electrons. The fraction of sp³-hybridized carbons (Fsp3) is 0.500. The summed E-state index contributed by atoms with van der Waals surface area (Å²) in [5.74, 6) is -0.779. The Labute approximate surface area is 133 Å². The van der Waals surface area contributed by atoms with Crippen LogP contribution in [-0.2, 0) is 20.3 Å². The molecule has 124 valence electrons. The maximum Gasteiger partial charge on any atom is 0.171 e. The fourth-order valence-corrected chi connectivity index (χ4v) is 4.61. The number of aromatic nitrogens is 4. The van der Waals surface area contributed by atoms with Crippen LogP contribution in [-0.4, -0.2) is 46.6 Å². The molecule has 1 fully saturated rings. The Hall–Kier alpha value is -1.87. The van der Waals surface area contributed by atoms with E-state index >= 15 is 0 Å². The molecule has 1 saturated heterocycles. The average Bonchev–Trinajstić information content (AvgIpc) is 3.10. The molecule has 1 aromatic heterocycles. The molecule has 0 spiro atoms. The first-order valence-corrected chi connectivity index (χ1v) is 8.97. The summed E-state index contributed by atoms with van der Waals surface area (Å²) in [5, 5.41) is 10.4. The van der Waals surface area contributed by atoms with Gasteiger partial charge in [-0.2, -0.15) is 4.68 Å². The Balaban J connectivity index is 1.94. The van der Waals surface area contributed by atoms with Crippen molar-refractivity contribution in [3.05, 3.63) is 35.4 Å². The molecule has 0 saturated carbocycles. The molecule has 7 nitrogen and oxygen atoms in total. The highest BCUT2D eigenvalue weighted by molar-refractivity contribution is 7.91. The Morgan fingerprint density at radius 3 is 2.91 bits per heavy atom. The van der Waals surface area contributed by atoms with Gasteiger partial charge in [0.2, 0.25) is 0 Å². The molecule has 3 rings (SSSR count). The molecular formula is C14H17FN4O3S. The smallest absolute Gasteiger partial charge is 0.171 e. The SMILES string of the molecule is Cc1ccc(F)c(-n2nnnc2CS(=O)(=O)C2CCOC2C)c1. The highest BCUT2D eigenvalue weighted by Gasteiger charge is 2.37. The van der Waals surface area contributed by atoms with Crippen LogP contribution in [0, 0.1) is 12.7 Å². The van der Waals surface area contributed by atoms with Gasteiger partial charge in [0.05, 0.1) is 11.4 Å². The van der Waals surface area contributed by atoms with Crippen LogP contribution in [0.3, 0.4) is 0 Å². The van der Waals surface area contributed by atoms with Crippen LogP contribution in [0.1, 0.15) is 24.7 Å². The quantitative estimate of drug-likeness (QED) is 0.831. The van der Waals surface area contributed by atoms with E-state index in [9.17, 15) is 12.8 Å². The largest absolute Gasteiger partial charge is 0.377 e. The third-order valence-corrected chi connectivity index (χ3v) is 6.16. The van der Waals surface area contributed by atoms with Crippen molar-refractivity contribution in [2.45, 2.75) is 37.4 Å². The molecule has 0 N–H and O–H groups in total. The van der Waals surface area contributed by atoms with Crippen molar-refractivity contribution in [1.82, 2.24) is 20.2 Å². The zero-order valence-electron chi connectivity index (χ0n) is 12.8. The Morgan fingerprint density at radius 1 is 1.43 bits per heavy atom. The van der Waals surface area contributed by atoms with Crippen molar-refractivity contribution in [2.24, 2.45) is 0 Å². The molecule has 1 aromatic carbocycles. The maximum absolute atomic E-state index is 14.0. The first kappa shape index (κ1) is 16.0. The van der Waals surface area contributed by atoms with E-state index in [4.69, 9.17) is 4.74 Å². The highest BCUT2D eigenvalue weighted by Crippen LogP contribution is 2.24. The summed E-state index contributed by atoms with van der Waals surface area (Å²) >= 11 is 0. The minimum Gasteiger partial charge on any atom is -0.377 e. The van der Waals surface area contributed by atoms with Crippen LogP contribution < -0.4 is 0 Å². The molecule has 2 aromatic rings. The van der Waals surface area contributed by atoms with Crippen molar-refractivity contribution in [3.8, 4) is 5.69 Å². The number of hydrogen-bond acceptors (Lipinski definition) is 6. The second kappa shape index (κ2) is 5.97. The third-order valence-electron chi connectivity index (χ3n) is 3.96. The number of nitrogens with zero attached hydrogens (tertiary/aromatic N) is 4. The number of benzene rings is 1. The first-order chi connectivity index (χ1) is 10.9. The maximum atomic E-state index is 14.0. The molecule has 0 amide bonds. The van der Waals surface area contributed by atoms with Crippen LogP contribution >= 0.6 is 0 Å². The van der Waals surface area contributed by atoms with Gasteiger partial charge in [0.25, 0.3) is 0 Å². The number of hydrogen-bond donors (Lipinski definition) is 0. The minimum atomic E-state index is -3.50. The van der Waals surface area contributed by atoms with E-state index in [0.29, 0.717) is 13.0 Å². The lowest BCUT2D eigenvalue weighted by Crippen LogP contribution is -2.30. The summed E-state index contributed by atoms with van der Waals surface area (Å²) in [6.45, 7) is 3.96. The van der Waals surface area contributed by atoms with Gasteiger partial charge in [-0.05, 0) is 48.4 Å². The van der Waals surface area contributed by atoms with Crippen LogP contribution in [0.5, 0.6) is 0 Å². The second-order valence-electron chi connectivity index (χ2n) is 5.67. The van der Waals surface area contributed by atoms with E-state index in [1.54, 1.807) is 26.0 Å². The van der Waals surface area contributed by atoms with Crippen molar-refractivity contribution >= 4 is 9.84 Å². The van der Waals surface area contributed by atoms with E-state index in [1.165, 1.54) is 6.07 Å². The van der Waals surface area contributed by atoms with E-state index in [0.717, 1.165) is 10.2 Å². The number of ether oxygens (including phenoxy) is 1. The van der Waals surface area contributed by atoms with Gasteiger partial charge in [-0.3, -0.25) is 0 Å². The van der Waals surface area contributed by atoms with Crippen molar-refractivity contribution in [1.29, 1.82) is 0 Å². The standard InChI is InChI=1S/C14H17FN4O3S/c1-9-3-4-11(15)12(7-9)19-14(16-17-18-19)8-23(20,21)13-5-6-22-10(13)2/h3-4,7,10,13H,5-6,8H2,1-2H3. The number of halogens is 1. The van der Waals surface area contributed by atoms with Crippen LogP contribution in [0.2, 0.25) is 0 Å². The molecular weight excluding hydrogens is 323 g/mol. The van der Waals surface area contributed by atoms with Gasteiger partial charge in [-0.25, -0.2) is 12.8 Å². The lowest BCUT2D eigenvalue weighted by atomic mass is 10.2. The van der Waals surface area contributed by atoms with Crippen molar-refractivity contribution in [2.75, 3.05) is 6.61 Å². The summed E-state index contributed by atoms with van der Waals surface area (Å²) < 4.78 is 45.6. The van der Waals surface area contributed by atoms with E-state index < -0.39 is 20.9 Å². The fourth-order valence-electron chi connectivity index (χ4n) is 2.74. The molecule has 2 heterocycles. The van der Waals surface area contributed by atoms with Crippen molar-refractivity contribution < 1.29 is 17.5 Å². The van der Waals surface area contributed by atoms with Gasteiger partial charge >= 0.3 is 0 Å². The van der Waals surface area contributed by atoms with Gasteiger partial charge in [0.15, 0.2) is 15.7 Å². The monoisotopic (exact) mass is 340 g/mol. The van der Waals surface area contributed by atoms with Crippen LogP contribution in [0.25, 0.3) is 5.69 Å². The lowest BCUT2D eigenvalue weighted by Gasteiger charge is -2.14. The molecule has 0 aliphatic carbocycles. The topological polar surface area (TPSA) is 87.0 Å². The summed E-state index contributed by atoms with van der Waals surface area (Å²) in [6, 6.07) is 4.50. The number of tetrazole rings is 1. The molecule has 2 atom stereocenters. The third kappa shape index (κ3) is 3.11. The van der Waals surface area contributed by atoms with Gasteiger partial charge in [-0.1, -0.05) is 6.07 Å². The highest BCUT2D eigenvalue weighted by atomic mass is 32.2. The van der Waals surface area contributed by atoms with E-state index in [-0.39, 0.29) is 23.4 Å². The number of aryl methyl sites for hydroxylation is 1. The summed E-state index contributed by atoms with van der Waals surface area (Å²) in [5.41, 5.74) is 0.958. The Bertz CT molecular complexity index is 821. The summed E-state index contributed by atoms with van der Waals surface area (Å²) in [7, 11) is -3.50. The summed E-state index contributed by atoms with van der Waals surface area (Å²) in [6.07, 6.45) is 0.0872. The van der Waals surface area contributed by atoms with Gasteiger partial charge in [-0.15, -0.1) is 5.10 Å². The molecule has 23 heavy (non-hydrogen) atoms. The van der Waals surface area contributed by atoms with Crippen molar-refractivity contribution in [3.63, 3.8) is 0 Å². The predicted molar refractivity (Wildman–Crippen MR) is 80.3 cm³/mol. The predicted octanol–water partition coefficient (Wildman–Crippen LogP) is 1.20. The molecule has 1 aliphatic heterocycles. The van der Waals surface area contributed by atoms with Gasteiger partial charge in [0, 0.05) is 6.61 Å². The van der Waals surface area contributed by atoms with Crippen LogP contribution in [0.4, 0.5) is 4.39 Å². The Kier molecular flexibility index (Phi) is 4.15. The number of sulfone groups is 1. The number of rotatable bonds is 4. The Morgan fingerprint density at radius 2 is 2.22 bits per heavy atom. The van der Waals surface area contributed by atoms with Gasteiger partial charge in [0.1, 0.15) is 17.3 Å². The van der Waals surface area contributed by atoms with E-state index in [2.05, 4.69) is 15.5 Å². The zero-order valence-corrected chi connectivity index (χ0v) is 13.6. The van der Waals surface area contributed by atoms with Crippen LogP contribution in [0.15, 0.2) is 18.2 Å². The first-order valence-electron chi connectivity index (χ1n) is 7.25. The molecule has 9 heteroatoms.